The summed E-state index contributed by atoms with van der Waals surface area (Å²) < 4.78 is 33.9. The first-order chi connectivity index (χ1) is 18.1. The van der Waals surface area contributed by atoms with Gasteiger partial charge in [0.2, 0.25) is 5.91 Å². The number of ether oxygens (including phenoxy) is 1. The number of hydrogen-bond donors (Lipinski definition) is 1. The van der Waals surface area contributed by atoms with Crippen LogP contribution in [0.2, 0.25) is 0 Å². The predicted octanol–water partition coefficient (Wildman–Crippen LogP) is 7.21. The van der Waals surface area contributed by atoms with Gasteiger partial charge in [0.15, 0.2) is 5.78 Å². The van der Waals surface area contributed by atoms with Crippen molar-refractivity contribution in [1.29, 1.82) is 0 Å². The third kappa shape index (κ3) is 5.14. The van der Waals surface area contributed by atoms with E-state index in [0.29, 0.717) is 53.0 Å². The average molecular weight is 515 g/mol. The smallest absolute Gasteiger partial charge is 0.234 e. The third-order valence-electron chi connectivity index (χ3n) is 6.97. The Morgan fingerprint density at radius 2 is 1.71 bits per heavy atom. The largest absolute Gasteiger partial charge is 0.457 e. The fourth-order valence-corrected chi connectivity index (χ4v) is 5.34. The molecule has 3 aromatic carbocycles. The number of nitrogens with zero attached hydrogens (tertiary/aromatic N) is 1. The van der Waals surface area contributed by atoms with Gasteiger partial charge in [0.25, 0.3) is 0 Å². The first-order valence-corrected chi connectivity index (χ1v) is 12.5. The van der Waals surface area contributed by atoms with Crippen molar-refractivity contribution in [3.8, 4) is 11.5 Å². The number of carbonyl (C=O) groups is 2. The molecular weight excluding hydrogens is 486 g/mol. The highest BCUT2D eigenvalue weighted by atomic mass is 19.1. The number of amides is 1. The molecule has 2 atom stereocenters. The van der Waals surface area contributed by atoms with Crippen LogP contribution < -0.4 is 10.1 Å². The maximum absolute atomic E-state index is 14.4. The molecule has 0 spiro atoms. The van der Waals surface area contributed by atoms with E-state index >= 15 is 0 Å². The van der Waals surface area contributed by atoms with Gasteiger partial charge in [0, 0.05) is 35.4 Å². The number of para-hydroxylation sites is 1. The van der Waals surface area contributed by atoms with E-state index < -0.39 is 29.4 Å². The van der Waals surface area contributed by atoms with Gasteiger partial charge in [-0.25, -0.2) is 8.78 Å². The number of Topliss-reactive ketones (excluding diaryl/α,β-unsaturated/α-hetero) is 1. The summed E-state index contributed by atoms with van der Waals surface area (Å²) in [5.74, 6) is -2.52. The number of anilines is 1. The van der Waals surface area contributed by atoms with Gasteiger partial charge in [-0.1, -0.05) is 44.2 Å². The van der Waals surface area contributed by atoms with Crippen LogP contribution in [0.5, 0.6) is 11.5 Å². The van der Waals surface area contributed by atoms with Crippen LogP contribution in [0.25, 0.3) is 0 Å². The summed E-state index contributed by atoms with van der Waals surface area (Å²) in [6.07, 6.45) is 0.932. The van der Waals surface area contributed by atoms with E-state index in [1.54, 1.807) is 6.92 Å². The number of allylic oxidation sites excluding steroid dienone is 2. The molecule has 0 aromatic heterocycles. The number of ketones is 1. The van der Waals surface area contributed by atoms with E-state index in [2.05, 4.69) is 5.32 Å². The summed E-state index contributed by atoms with van der Waals surface area (Å²) >= 11 is 0. The van der Waals surface area contributed by atoms with Crippen LogP contribution in [-0.2, 0) is 9.59 Å². The van der Waals surface area contributed by atoms with Crippen molar-refractivity contribution in [2.75, 3.05) is 5.32 Å². The highest BCUT2D eigenvalue weighted by molar-refractivity contribution is 6.13. The summed E-state index contributed by atoms with van der Waals surface area (Å²) in [6, 6.07) is 19.6. The van der Waals surface area contributed by atoms with Crippen LogP contribution >= 0.6 is 0 Å². The fourth-order valence-electron chi connectivity index (χ4n) is 5.34. The number of nitrogens with one attached hydrogen (secondary N) is 1. The van der Waals surface area contributed by atoms with Crippen LogP contribution in [0.4, 0.5) is 14.5 Å². The van der Waals surface area contributed by atoms with Gasteiger partial charge in [0.1, 0.15) is 23.1 Å². The van der Waals surface area contributed by atoms with Gasteiger partial charge >= 0.3 is 0 Å². The Hall–Kier alpha value is -4.13. The molecule has 0 saturated carbocycles. The Morgan fingerprint density at radius 3 is 2.45 bits per heavy atom. The second-order valence-electron chi connectivity index (χ2n) is 10.6. The molecule has 0 fully saturated rings. The molecule has 1 unspecified atom stereocenters. The number of benzene rings is 3. The van der Waals surface area contributed by atoms with Crippen LogP contribution in [0.15, 0.2) is 89.1 Å². The Bertz CT molecular complexity index is 1480. The molecule has 2 aliphatic rings. The van der Waals surface area contributed by atoms with E-state index in [9.17, 15) is 18.4 Å². The maximum Gasteiger partial charge on any atom is 0.234 e. The second kappa shape index (κ2) is 9.97. The highest BCUT2D eigenvalue weighted by Crippen LogP contribution is 2.48. The molecule has 1 N–H and O–H groups in total. The summed E-state index contributed by atoms with van der Waals surface area (Å²) in [7, 11) is 0. The molecular formula is C31H28F2N2O3. The molecule has 1 heterocycles. The van der Waals surface area contributed by atoms with Crippen molar-refractivity contribution in [2.24, 2.45) is 16.3 Å². The molecule has 1 amide bonds. The molecule has 194 valence electrons. The zero-order chi connectivity index (χ0) is 27.0. The van der Waals surface area contributed by atoms with Crippen molar-refractivity contribution < 1.29 is 23.1 Å². The Balaban J connectivity index is 1.57. The molecule has 0 radical (unpaired) electrons. The minimum Gasteiger partial charge on any atom is -0.457 e. The standard InChI is InChI=1S/C31H28F2N2O3/c1-18-27(30(37)35-24-13-12-20(32)15-23(24)33)28(29-25(34-18)16-31(2,3)17-26(29)36)19-8-7-11-22(14-19)38-21-9-5-4-6-10-21/h4-15,27-28H,16-17H2,1-3H3,(H,35,37)/t27?,28-/m1/s1. The van der Waals surface area contributed by atoms with E-state index in [4.69, 9.17) is 9.73 Å². The highest BCUT2D eigenvalue weighted by Gasteiger charge is 2.45. The van der Waals surface area contributed by atoms with Gasteiger partial charge in [-0.3, -0.25) is 14.6 Å². The molecule has 7 heteroatoms. The van der Waals surface area contributed by atoms with E-state index in [0.717, 1.165) is 6.07 Å². The quantitative estimate of drug-likeness (QED) is 0.391. The lowest BCUT2D eigenvalue weighted by Gasteiger charge is -2.39. The van der Waals surface area contributed by atoms with Crippen LogP contribution in [0, 0.1) is 23.0 Å². The van der Waals surface area contributed by atoms with Gasteiger partial charge in [-0.05, 0) is 60.7 Å². The van der Waals surface area contributed by atoms with E-state index in [1.807, 2.05) is 68.4 Å². The SMILES string of the molecule is CC1=NC2=C(C(=O)CC(C)(C)C2)[C@H](c2cccc(Oc3ccccc3)c2)C1C(=O)Nc1ccc(F)cc1F. The fraction of sp³-hybridized carbons (Fsp3) is 0.258. The number of halogens is 2. The first kappa shape index (κ1) is 25.5. The summed E-state index contributed by atoms with van der Waals surface area (Å²) in [6.45, 7) is 5.80. The Kier molecular flexibility index (Phi) is 6.69. The second-order valence-corrected chi connectivity index (χ2v) is 10.6. The van der Waals surface area contributed by atoms with Gasteiger partial charge < -0.3 is 10.1 Å². The van der Waals surface area contributed by atoms with Crippen LogP contribution in [0.3, 0.4) is 0 Å². The lowest BCUT2D eigenvalue weighted by molar-refractivity contribution is -0.119. The van der Waals surface area contributed by atoms with Gasteiger partial charge in [0.05, 0.1) is 11.6 Å². The summed E-state index contributed by atoms with van der Waals surface area (Å²) in [5, 5.41) is 2.59. The van der Waals surface area contributed by atoms with Crippen molar-refractivity contribution >= 4 is 23.1 Å². The number of aliphatic imine (C=N–C) groups is 1. The van der Waals surface area contributed by atoms with E-state index in [1.165, 1.54) is 6.07 Å². The lowest BCUT2D eigenvalue weighted by Crippen LogP contribution is -2.41. The summed E-state index contributed by atoms with van der Waals surface area (Å²) in [5.41, 5.74) is 2.03. The van der Waals surface area contributed by atoms with Gasteiger partial charge in [-0.2, -0.15) is 0 Å². The van der Waals surface area contributed by atoms with Gasteiger partial charge in [-0.15, -0.1) is 0 Å². The average Bonchev–Trinajstić information content (AvgIpc) is 2.85. The molecule has 0 saturated heterocycles. The molecule has 0 bridgehead atoms. The minimum absolute atomic E-state index is 0.0577. The van der Waals surface area contributed by atoms with Crippen LogP contribution in [-0.4, -0.2) is 17.4 Å². The number of carbonyl (C=O) groups excluding carboxylic acids is 2. The normalized spacial score (nSPS) is 20.4. The predicted molar refractivity (Wildman–Crippen MR) is 142 cm³/mol. The third-order valence-corrected chi connectivity index (χ3v) is 6.97. The minimum atomic E-state index is -0.881. The molecule has 5 nitrogen and oxygen atoms in total. The molecule has 3 aromatic rings. The number of rotatable bonds is 5. The zero-order valence-electron chi connectivity index (χ0n) is 21.4. The molecule has 1 aliphatic heterocycles. The van der Waals surface area contributed by atoms with Crippen molar-refractivity contribution in [1.82, 2.24) is 0 Å². The molecule has 5 rings (SSSR count). The van der Waals surface area contributed by atoms with Crippen molar-refractivity contribution in [3.05, 3.63) is 101 Å². The number of hydrogen-bond acceptors (Lipinski definition) is 4. The Morgan fingerprint density at radius 1 is 0.974 bits per heavy atom. The lowest BCUT2D eigenvalue weighted by atomic mass is 9.66. The zero-order valence-corrected chi connectivity index (χ0v) is 21.4. The monoisotopic (exact) mass is 514 g/mol. The Labute approximate surface area is 220 Å². The topological polar surface area (TPSA) is 67.8 Å². The van der Waals surface area contributed by atoms with E-state index in [-0.39, 0.29) is 16.9 Å². The van der Waals surface area contributed by atoms with Crippen molar-refractivity contribution in [3.63, 3.8) is 0 Å². The summed E-state index contributed by atoms with van der Waals surface area (Å²) in [4.78, 5) is 31.9. The molecule has 1 aliphatic carbocycles. The first-order valence-electron chi connectivity index (χ1n) is 12.5. The van der Waals surface area contributed by atoms with Crippen LogP contribution in [0.1, 0.15) is 45.1 Å². The maximum atomic E-state index is 14.4. The molecule has 38 heavy (non-hydrogen) atoms. The van der Waals surface area contributed by atoms with Crippen molar-refractivity contribution in [2.45, 2.75) is 39.5 Å².